The van der Waals surface area contributed by atoms with Gasteiger partial charge in [-0.1, -0.05) is 11.6 Å². The molecule has 0 saturated heterocycles. The number of hydrogen-bond donors (Lipinski definition) is 1. The van der Waals surface area contributed by atoms with Crippen LogP contribution in [0, 0.1) is 13.8 Å². The van der Waals surface area contributed by atoms with Gasteiger partial charge in [0.2, 0.25) is 5.91 Å². The van der Waals surface area contributed by atoms with E-state index < -0.39 is 0 Å². The molecule has 0 aliphatic rings. The third kappa shape index (κ3) is 3.26. The van der Waals surface area contributed by atoms with Crippen molar-refractivity contribution >= 4 is 17.5 Å². The fourth-order valence-corrected chi connectivity index (χ4v) is 2.43. The number of hydrogen-bond acceptors (Lipinski definition) is 3. The average Bonchev–Trinajstić information content (AvgIpc) is 2.96. The molecule has 0 fully saturated rings. The lowest BCUT2D eigenvalue weighted by Gasteiger charge is -2.14. The Morgan fingerprint density at radius 2 is 1.95 bits per heavy atom. The monoisotopic (exact) mass is 309 g/mol. The molecule has 0 aliphatic carbocycles. The van der Waals surface area contributed by atoms with E-state index in [1.54, 1.807) is 17.1 Å². The molecule has 0 aromatic carbocycles. The zero-order valence-corrected chi connectivity index (χ0v) is 13.5. The second-order valence-corrected chi connectivity index (χ2v) is 5.43. The number of rotatable bonds is 5. The van der Waals surface area contributed by atoms with Crippen LogP contribution in [-0.2, 0) is 17.9 Å². The summed E-state index contributed by atoms with van der Waals surface area (Å²) >= 11 is 5.93. The molecule has 0 radical (unpaired) electrons. The predicted octanol–water partition coefficient (Wildman–Crippen LogP) is 2.25. The highest BCUT2D eigenvalue weighted by molar-refractivity contribution is 6.31. The van der Waals surface area contributed by atoms with Crippen LogP contribution >= 0.6 is 11.6 Å². The molecule has 0 saturated carbocycles. The van der Waals surface area contributed by atoms with E-state index in [4.69, 9.17) is 11.6 Å². The highest BCUT2D eigenvalue weighted by atomic mass is 35.5. The van der Waals surface area contributed by atoms with E-state index in [2.05, 4.69) is 15.5 Å². The van der Waals surface area contributed by atoms with Crippen LogP contribution in [0.3, 0.4) is 0 Å². The maximum atomic E-state index is 12.1. The smallest absolute Gasteiger partial charge is 0.242 e. The van der Waals surface area contributed by atoms with Gasteiger partial charge in [-0.05, 0) is 27.7 Å². The van der Waals surface area contributed by atoms with Crippen molar-refractivity contribution in [1.82, 2.24) is 24.9 Å². The number of halogens is 1. The zero-order valence-electron chi connectivity index (χ0n) is 12.7. The van der Waals surface area contributed by atoms with Crippen LogP contribution in [0.25, 0.3) is 0 Å². The maximum absolute atomic E-state index is 12.1. The second kappa shape index (κ2) is 6.30. The van der Waals surface area contributed by atoms with Gasteiger partial charge >= 0.3 is 0 Å². The van der Waals surface area contributed by atoms with Gasteiger partial charge in [0.25, 0.3) is 0 Å². The van der Waals surface area contributed by atoms with Gasteiger partial charge in [0.15, 0.2) is 0 Å². The summed E-state index contributed by atoms with van der Waals surface area (Å²) in [5, 5.41) is 11.9. The molecule has 1 N–H and O–H groups in total. The van der Waals surface area contributed by atoms with Gasteiger partial charge in [-0.15, -0.1) is 0 Å². The number of aryl methyl sites for hydroxylation is 1. The summed E-state index contributed by atoms with van der Waals surface area (Å²) in [6, 6.07) is -0.0934. The Labute approximate surface area is 129 Å². The lowest BCUT2D eigenvalue weighted by molar-refractivity contribution is -0.122. The standard InChI is InChI=1S/C14H20ClN5O/c1-5-19-10(3)12(6-16-19)9(2)18-14(21)8-20-11(4)13(15)7-17-20/h6-7,9H,5,8H2,1-4H3,(H,18,21). The molecule has 2 heterocycles. The van der Waals surface area contributed by atoms with Gasteiger partial charge in [0.1, 0.15) is 6.54 Å². The average molecular weight is 310 g/mol. The number of aromatic nitrogens is 4. The summed E-state index contributed by atoms with van der Waals surface area (Å²) in [5.74, 6) is -0.103. The van der Waals surface area contributed by atoms with Crippen molar-refractivity contribution in [2.45, 2.75) is 46.8 Å². The first-order valence-corrected chi connectivity index (χ1v) is 7.31. The molecule has 0 spiro atoms. The highest BCUT2D eigenvalue weighted by Crippen LogP contribution is 2.17. The molecule has 1 unspecified atom stereocenters. The van der Waals surface area contributed by atoms with Crippen LogP contribution < -0.4 is 5.32 Å². The molecule has 6 nitrogen and oxygen atoms in total. The number of carbonyl (C=O) groups excluding carboxylic acids is 1. The Kier molecular flexibility index (Phi) is 4.67. The second-order valence-electron chi connectivity index (χ2n) is 5.03. The molecule has 0 aliphatic heterocycles. The van der Waals surface area contributed by atoms with Gasteiger partial charge in [0, 0.05) is 17.8 Å². The van der Waals surface area contributed by atoms with Crippen molar-refractivity contribution in [3.63, 3.8) is 0 Å². The van der Waals surface area contributed by atoms with Crippen LogP contribution in [0.5, 0.6) is 0 Å². The van der Waals surface area contributed by atoms with Crippen molar-refractivity contribution in [1.29, 1.82) is 0 Å². The van der Waals surface area contributed by atoms with Crippen LogP contribution in [0.4, 0.5) is 0 Å². The van der Waals surface area contributed by atoms with Gasteiger partial charge in [0.05, 0.1) is 29.2 Å². The van der Waals surface area contributed by atoms with Crippen LogP contribution in [-0.4, -0.2) is 25.5 Å². The zero-order chi connectivity index (χ0) is 15.6. The molecular formula is C14H20ClN5O. The van der Waals surface area contributed by atoms with E-state index >= 15 is 0 Å². The minimum atomic E-state index is -0.103. The van der Waals surface area contributed by atoms with Crippen LogP contribution in [0.2, 0.25) is 5.02 Å². The van der Waals surface area contributed by atoms with E-state index in [1.807, 2.05) is 32.4 Å². The first kappa shape index (κ1) is 15.6. The summed E-state index contributed by atoms with van der Waals surface area (Å²) in [6.07, 6.45) is 3.35. The van der Waals surface area contributed by atoms with Crippen LogP contribution in [0.1, 0.15) is 36.8 Å². The maximum Gasteiger partial charge on any atom is 0.242 e. The van der Waals surface area contributed by atoms with Gasteiger partial charge < -0.3 is 5.32 Å². The van der Waals surface area contributed by atoms with Crippen molar-refractivity contribution < 1.29 is 4.79 Å². The van der Waals surface area contributed by atoms with E-state index in [1.165, 1.54) is 0 Å². The Morgan fingerprint density at radius 1 is 1.29 bits per heavy atom. The molecule has 2 rings (SSSR count). The molecule has 2 aromatic rings. The van der Waals surface area contributed by atoms with E-state index in [0.29, 0.717) is 5.02 Å². The summed E-state index contributed by atoms with van der Waals surface area (Å²) in [5.41, 5.74) is 2.89. The Bertz CT molecular complexity index is 646. The normalized spacial score (nSPS) is 12.4. The molecule has 2 aromatic heterocycles. The van der Waals surface area contributed by atoms with Gasteiger partial charge in [-0.25, -0.2) is 0 Å². The molecule has 7 heteroatoms. The van der Waals surface area contributed by atoms with E-state index in [9.17, 15) is 4.79 Å². The van der Waals surface area contributed by atoms with Gasteiger partial charge in [-0.3, -0.25) is 14.2 Å². The molecule has 1 amide bonds. The molecule has 0 bridgehead atoms. The Morgan fingerprint density at radius 3 is 2.48 bits per heavy atom. The minimum Gasteiger partial charge on any atom is -0.348 e. The van der Waals surface area contributed by atoms with Crippen molar-refractivity contribution in [2.24, 2.45) is 0 Å². The van der Waals surface area contributed by atoms with E-state index in [-0.39, 0.29) is 18.5 Å². The predicted molar refractivity (Wildman–Crippen MR) is 81.2 cm³/mol. The number of nitrogens with one attached hydrogen (secondary N) is 1. The molecule has 21 heavy (non-hydrogen) atoms. The quantitative estimate of drug-likeness (QED) is 0.921. The fourth-order valence-electron chi connectivity index (χ4n) is 2.29. The largest absolute Gasteiger partial charge is 0.348 e. The lowest BCUT2D eigenvalue weighted by Crippen LogP contribution is -2.31. The fraction of sp³-hybridized carbons (Fsp3) is 0.500. The number of nitrogens with zero attached hydrogens (tertiary/aromatic N) is 4. The van der Waals surface area contributed by atoms with Crippen molar-refractivity contribution in [3.05, 3.63) is 34.4 Å². The summed E-state index contributed by atoms with van der Waals surface area (Å²) in [6.45, 7) is 8.80. The van der Waals surface area contributed by atoms with Crippen molar-refractivity contribution in [2.75, 3.05) is 0 Å². The number of amides is 1. The highest BCUT2D eigenvalue weighted by Gasteiger charge is 2.16. The summed E-state index contributed by atoms with van der Waals surface area (Å²) in [4.78, 5) is 12.1. The first-order valence-electron chi connectivity index (χ1n) is 6.93. The topological polar surface area (TPSA) is 64.7 Å². The van der Waals surface area contributed by atoms with Crippen molar-refractivity contribution in [3.8, 4) is 0 Å². The number of carbonyl (C=O) groups is 1. The summed E-state index contributed by atoms with van der Waals surface area (Å²) < 4.78 is 3.50. The summed E-state index contributed by atoms with van der Waals surface area (Å²) in [7, 11) is 0. The van der Waals surface area contributed by atoms with Gasteiger partial charge in [-0.2, -0.15) is 10.2 Å². The third-order valence-corrected chi connectivity index (χ3v) is 3.99. The third-order valence-electron chi connectivity index (χ3n) is 3.62. The Hall–Kier alpha value is -1.82. The first-order chi connectivity index (χ1) is 9.93. The van der Waals surface area contributed by atoms with Crippen LogP contribution in [0.15, 0.2) is 12.4 Å². The molecule has 114 valence electrons. The Balaban J connectivity index is 2.02. The molecular weight excluding hydrogens is 290 g/mol. The SMILES string of the molecule is CCn1ncc(C(C)NC(=O)Cn2ncc(Cl)c2C)c1C. The lowest BCUT2D eigenvalue weighted by atomic mass is 10.1. The minimum absolute atomic E-state index is 0.0934. The molecule has 1 atom stereocenters. The van der Waals surface area contributed by atoms with E-state index in [0.717, 1.165) is 23.5 Å².